The molecule has 105 valence electrons. The monoisotopic (exact) mass is 297 g/mol. The van der Waals surface area contributed by atoms with Crippen LogP contribution in [0.5, 0.6) is 0 Å². The van der Waals surface area contributed by atoms with Gasteiger partial charge in [0.25, 0.3) is 0 Å². The Balaban J connectivity index is 1.55. The van der Waals surface area contributed by atoms with Gasteiger partial charge in [-0.25, -0.2) is 0 Å². The van der Waals surface area contributed by atoms with Gasteiger partial charge < -0.3 is 0 Å². The molecule has 0 aromatic heterocycles. The molecule has 0 unspecified atom stereocenters. The van der Waals surface area contributed by atoms with Crippen molar-refractivity contribution >= 4 is 31.7 Å². The molecule has 0 N–H and O–H groups in total. The molecule has 4 rings (SSSR count). The van der Waals surface area contributed by atoms with E-state index in [0.29, 0.717) is 0 Å². The van der Waals surface area contributed by atoms with Crippen LogP contribution in [0.15, 0.2) is 72.3 Å². The van der Waals surface area contributed by atoms with Gasteiger partial charge in [-0.3, -0.25) is 0 Å². The standard InChI is InChI=1S/C21H17Si/c1-2-6-16(7-3-1)14-22-15-17-12-19-11-10-18-8-4-5-9-20(18)21(19)13-17/h1-12,15H,13-14H2. The molecule has 1 heteroatoms. The van der Waals surface area contributed by atoms with Gasteiger partial charge >= 0.3 is 0 Å². The topological polar surface area (TPSA) is 0 Å². The number of hydrogen-bond donors (Lipinski definition) is 0. The predicted molar refractivity (Wildman–Crippen MR) is 97.6 cm³/mol. The summed E-state index contributed by atoms with van der Waals surface area (Å²) >= 11 is 0. The van der Waals surface area contributed by atoms with Crippen molar-refractivity contribution < 1.29 is 0 Å². The van der Waals surface area contributed by atoms with Crippen LogP contribution in [0.3, 0.4) is 0 Å². The Kier molecular flexibility index (Phi) is 3.57. The zero-order valence-electron chi connectivity index (χ0n) is 12.4. The van der Waals surface area contributed by atoms with Gasteiger partial charge in [0, 0.05) is 9.13 Å². The van der Waals surface area contributed by atoms with E-state index in [-0.39, 0.29) is 0 Å². The van der Waals surface area contributed by atoms with E-state index in [1.807, 2.05) is 0 Å². The van der Waals surface area contributed by atoms with Crippen LogP contribution in [0.1, 0.15) is 16.7 Å². The van der Waals surface area contributed by atoms with E-state index >= 15 is 0 Å². The number of hydrogen-bond acceptors (Lipinski definition) is 0. The molecule has 1 aliphatic rings. The van der Waals surface area contributed by atoms with Gasteiger partial charge in [-0.05, 0) is 45.5 Å². The predicted octanol–water partition coefficient (Wildman–Crippen LogP) is 4.49. The first-order valence-corrected chi connectivity index (χ1v) is 9.00. The molecule has 0 heterocycles. The summed E-state index contributed by atoms with van der Waals surface area (Å²) in [7, 11) is 0.855. The Morgan fingerprint density at radius 1 is 0.864 bits per heavy atom. The average molecular weight is 297 g/mol. The summed E-state index contributed by atoms with van der Waals surface area (Å²) in [5.74, 6) is 0. The van der Waals surface area contributed by atoms with Crippen molar-refractivity contribution in [1.82, 2.24) is 0 Å². The molecule has 0 atom stereocenters. The normalized spacial score (nSPS) is 13.5. The quantitative estimate of drug-likeness (QED) is 0.625. The fraction of sp³-hybridized carbons (Fsp3) is 0.0952. The Hall–Kier alpha value is -2.25. The molecule has 1 radical (unpaired) electrons. The van der Waals surface area contributed by atoms with Crippen LogP contribution < -0.4 is 0 Å². The van der Waals surface area contributed by atoms with E-state index in [1.165, 1.54) is 33.0 Å². The van der Waals surface area contributed by atoms with Crippen LogP contribution >= 0.6 is 0 Å². The summed E-state index contributed by atoms with van der Waals surface area (Å²) in [6, 6.07) is 25.1. The number of rotatable bonds is 3. The molecule has 0 bridgehead atoms. The highest BCUT2D eigenvalue weighted by molar-refractivity contribution is 6.50. The molecular formula is C21H17Si. The van der Waals surface area contributed by atoms with E-state index in [9.17, 15) is 0 Å². The SMILES string of the molecule is C(=[Si]Cc1ccccc1)C1=Cc2ccc3ccccc3c2C1. The summed E-state index contributed by atoms with van der Waals surface area (Å²) in [6.07, 6.45) is 3.44. The molecule has 0 aliphatic heterocycles. The average Bonchev–Trinajstić information content (AvgIpc) is 2.99. The van der Waals surface area contributed by atoms with Crippen molar-refractivity contribution in [3.63, 3.8) is 0 Å². The highest BCUT2D eigenvalue weighted by atomic mass is 28.2. The zero-order chi connectivity index (χ0) is 14.8. The molecule has 3 aromatic carbocycles. The molecule has 0 fully saturated rings. The summed E-state index contributed by atoms with van der Waals surface area (Å²) in [5.41, 5.74) is 8.23. The molecule has 0 saturated heterocycles. The van der Waals surface area contributed by atoms with E-state index in [0.717, 1.165) is 21.6 Å². The summed E-state index contributed by atoms with van der Waals surface area (Å²) in [4.78, 5) is 0. The molecule has 0 amide bonds. The van der Waals surface area contributed by atoms with Crippen LogP contribution in [0.4, 0.5) is 0 Å². The number of fused-ring (bicyclic) bond motifs is 3. The van der Waals surface area contributed by atoms with Gasteiger partial charge in [-0.1, -0.05) is 78.5 Å². The minimum Gasteiger partial charge on any atom is -0.0774 e. The second-order valence-electron chi connectivity index (χ2n) is 5.76. The molecule has 0 saturated carbocycles. The minimum absolute atomic E-state index is 0.855. The maximum Gasteiger partial charge on any atom is 0.0244 e. The van der Waals surface area contributed by atoms with E-state index < -0.39 is 0 Å². The Morgan fingerprint density at radius 2 is 1.68 bits per heavy atom. The highest BCUT2D eigenvalue weighted by Gasteiger charge is 2.13. The van der Waals surface area contributed by atoms with Crippen LogP contribution in [-0.2, 0) is 12.5 Å². The van der Waals surface area contributed by atoms with Crippen LogP contribution in [0.25, 0.3) is 16.8 Å². The first-order valence-electron chi connectivity index (χ1n) is 7.72. The van der Waals surface area contributed by atoms with Crippen LogP contribution in [-0.4, -0.2) is 14.8 Å². The van der Waals surface area contributed by atoms with E-state index in [2.05, 4.69) is 78.5 Å². The third-order valence-electron chi connectivity index (χ3n) is 4.24. The Bertz CT molecular complexity index is 873. The first kappa shape index (κ1) is 13.4. The number of allylic oxidation sites excluding steroid dienone is 1. The molecule has 0 spiro atoms. The minimum atomic E-state index is 0.855. The van der Waals surface area contributed by atoms with Gasteiger partial charge in [0.1, 0.15) is 0 Å². The molecule has 3 aromatic rings. The fourth-order valence-electron chi connectivity index (χ4n) is 3.13. The molecule has 22 heavy (non-hydrogen) atoms. The van der Waals surface area contributed by atoms with Gasteiger partial charge in [0.15, 0.2) is 0 Å². The smallest absolute Gasteiger partial charge is 0.0244 e. The highest BCUT2D eigenvalue weighted by Crippen LogP contribution is 2.30. The fourth-order valence-corrected chi connectivity index (χ4v) is 4.15. The zero-order valence-corrected chi connectivity index (χ0v) is 13.4. The van der Waals surface area contributed by atoms with E-state index in [4.69, 9.17) is 0 Å². The van der Waals surface area contributed by atoms with E-state index in [1.54, 1.807) is 0 Å². The lowest BCUT2D eigenvalue weighted by Gasteiger charge is -2.04. The lowest BCUT2D eigenvalue weighted by Crippen LogP contribution is -1.95. The third-order valence-corrected chi connectivity index (χ3v) is 5.42. The van der Waals surface area contributed by atoms with Crippen LogP contribution in [0.2, 0.25) is 0 Å². The lowest BCUT2D eigenvalue weighted by atomic mass is 10.0. The molecular weight excluding hydrogens is 280 g/mol. The van der Waals surface area contributed by atoms with Crippen molar-refractivity contribution in [2.75, 3.05) is 0 Å². The largest absolute Gasteiger partial charge is 0.0774 e. The van der Waals surface area contributed by atoms with Crippen molar-refractivity contribution in [2.24, 2.45) is 0 Å². The Morgan fingerprint density at radius 3 is 2.59 bits per heavy atom. The second-order valence-corrected chi connectivity index (χ2v) is 6.81. The van der Waals surface area contributed by atoms with Crippen LogP contribution in [0, 0.1) is 0 Å². The van der Waals surface area contributed by atoms with Gasteiger partial charge in [0.2, 0.25) is 0 Å². The van der Waals surface area contributed by atoms with Crippen molar-refractivity contribution in [1.29, 1.82) is 0 Å². The number of benzene rings is 3. The first-order chi connectivity index (χ1) is 10.9. The Labute approximate surface area is 133 Å². The third kappa shape index (κ3) is 2.60. The van der Waals surface area contributed by atoms with Crippen molar-refractivity contribution in [2.45, 2.75) is 12.5 Å². The molecule has 0 nitrogen and oxygen atoms in total. The van der Waals surface area contributed by atoms with Crippen molar-refractivity contribution in [3.05, 3.63) is 89.0 Å². The summed E-state index contributed by atoms with van der Waals surface area (Å²) in [5, 5.41) is 2.76. The summed E-state index contributed by atoms with van der Waals surface area (Å²) in [6.45, 7) is 0. The maximum atomic E-state index is 2.43. The van der Waals surface area contributed by atoms with Gasteiger partial charge in [-0.2, -0.15) is 0 Å². The molecule has 1 aliphatic carbocycles. The maximum absolute atomic E-state index is 2.43. The lowest BCUT2D eigenvalue weighted by molar-refractivity contribution is 1.31. The summed E-state index contributed by atoms with van der Waals surface area (Å²) < 4.78 is 0. The second kappa shape index (κ2) is 5.86. The van der Waals surface area contributed by atoms with Crippen molar-refractivity contribution in [3.8, 4) is 0 Å². The van der Waals surface area contributed by atoms with Gasteiger partial charge in [-0.15, -0.1) is 0 Å². The van der Waals surface area contributed by atoms with Gasteiger partial charge in [0.05, 0.1) is 0 Å².